The molecule has 1 amide bonds. The second kappa shape index (κ2) is 7.09. The lowest BCUT2D eigenvalue weighted by Gasteiger charge is -2.06. The van der Waals surface area contributed by atoms with Crippen molar-refractivity contribution in [1.82, 2.24) is 10.5 Å². The molecule has 0 aliphatic carbocycles. The van der Waals surface area contributed by atoms with E-state index in [1.54, 1.807) is 38.1 Å². The number of esters is 1. The van der Waals surface area contributed by atoms with E-state index in [1.807, 2.05) is 0 Å². The number of rotatable bonds is 5. The second-order valence-corrected chi connectivity index (χ2v) is 4.84. The minimum absolute atomic E-state index is 0.223. The molecule has 7 heteroatoms. The van der Waals surface area contributed by atoms with E-state index in [2.05, 4.69) is 10.5 Å². The third-order valence-corrected chi connectivity index (χ3v) is 3.25. The van der Waals surface area contributed by atoms with Gasteiger partial charge in [0.1, 0.15) is 23.6 Å². The van der Waals surface area contributed by atoms with Crippen LogP contribution in [0.5, 0.6) is 0 Å². The SMILES string of the molecule is CCOC(=O)CNC(=O)c1c(-c2ccccc2Cl)noc1C. The maximum atomic E-state index is 12.3. The number of hydrogen-bond donors (Lipinski definition) is 1. The van der Waals surface area contributed by atoms with Gasteiger partial charge in [-0.1, -0.05) is 35.0 Å². The number of nitrogens with zero attached hydrogens (tertiary/aromatic N) is 1. The minimum Gasteiger partial charge on any atom is -0.465 e. The van der Waals surface area contributed by atoms with Crippen LogP contribution >= 0.6 is 11.6 Å². The molecule has 0 bridgehead atoms. The fraction of sp³-hybridized carbons (Fsp3) is 0.267. The van der Waals surface area contributed by atoms with Gasteiger partial charge in [0.25, 0.3) is 5.91 Å². The molecule has 1 heterocycles. The molecule has 0 radical (unpaired) electrons. The molecule has 0 aliphatic rings. The summed E-state index contributed by atoms with van der Waals surface area (Å²) in [7, 11) is 0. The molecular weight excluding hydrogens is 308 g/mol. The van der Waals surface area contributed by atoms with Crippen LogP contribution in [0, 0.1) is 6.92 Å². The highest BCUT2D eigenvalue weighted by Crippen LogP contribution is 2.30. The number of nitrogens with one attached hydrogen (secondary N) is 1. The van der Waals surface area contributed by atoms with Crippen molar-refractivity contribution in [1.29, 1.82) is 0 Å². The molecule has 0 fully saturated rings. The van der Waals surface area contributed by atoms with Crippen LogP contribution in [0.25, 0.3) is 11.3 Å². The first-order chi connectivity index (χ1) is 10.5. The van der Waals surface area contributed by atoms with Crippen molar-refractivity contribution < 1.29 is 18.8 Å². The zero-order chi connectivity index (χ0) is 16.1. The van der Waals surface area contributed by atoms with Crippen molar-refractivity contribution in [3.63, 3.8) is 0 Å². The smallest absolute Gasteiger partial charge is 0.325 e. The fourth-order valence-electron chi connectivity index (χ4n) is 1.93. The van der Waals surface area contributed by atoms with Crippen molar-refractivity contribution in [3.8, 4) is 11.3 Å². The summed E-state index contributed by atoms with van der Waals surface area (Å²) in [5.41, 5.74) is 1.17. The number of amides is 1. The van der Waals surface area contributed by atoms with Gasteiger partial charge in [0.05, 0.1) is 11.6 Å². The zero-order valence-electron chi connectivity index (χ0n) is 12.2. The summed E-state index contributed by atoms with van der Waals surface area (Å²) in [5.74, 6) is -0.637. The fourth-order valence-corrected chi connectivity index (χ4v) is 2.15. The molecule has 0 aliphatic heterocycles. The molecule has 0 unspecified atom stereocenters. The van der Waals surface area contributed by atoms with Gasteiger partial charge in [0.2, 0.25) is 0 Å². The Morgan fingerprint density at radius 1 is 1.36 bits per heavy atom. The monoisotopic (exact) mass is 322 g/mol. The predicted molar refractivity (Wildman–Crippen MR) is 80.7 cm³/mol. The molecule has 0 spiro atoms. The van der Waals surface area contributed by atoms with Gasteiger partial charge in [0, 0.05) is 5.56 Å². The Labute approximate surface area is 132 Å². The highest BCUT2D eigenvalue weighted by atomic mass is 35.5. The highest BCUT2D eigenvalue weighted by molar-refractivity contribution is 6.33. The third-order valence-electron chi connectivity index (χ3n) is 2.92. The standard InChI is InChI=1S/C15H15ClN2O4/c1-3-21-12(19)8-17-15(20)13-9(2)22-18-14(13)10-6-4-5-7-11(10)16/h4-7H,3,8H2,1-2H3,(H,17,20). The predicted octanol–water partition coefficient (Wildman–Crippen LogP) is 2.60. The molecule has 0 saturated heterocycles. The first kappa shape index (κ1) is 16.0. The second-order valence-electron chi connectivity index (χ2n) is 4.43. The van der Waals surface area contributed by atoms with Gasteiger partial charge in [-0.25, -0.2) is 0 Å². The normalized spacial score (nSPS) is 10.3. The maximum absolute atomic E-state index is 12.3. The summed E-state index contributed by atoms with van der Waals surface area (Å²) < 4.78 is 9.85. The number of benzene rings is 1. The Morgan fingerprint density at radius 2 is 2.09 bits per heavy atom. The molecule has 6 nitrogen and oxygen atoms in total. The number of ether oxygens (including phenoxy) is 1. The molecular formula is C15H15ClN2O4. The van der Waals surface area contributed by atoms with Crippen LogP contribution in [0.2, 0.25) is 5.02 Å². The molecule has 1 aromatic carbocycles. The molecule has 0 atom stereocenters. The van der Waals surface area contributed by atoms with E-state index < -0.39 is 11.9 Å². The van der Waals surface area contributed by atoms with Gasteiger partial charge < -0.3 is 14.6 Å². The first-order valence-electron chi connectivity index (χ1n) is 6.69. The van der Waals surface area contributed by atoms with Crippen LogP contribution in [0.15, 0.2) is 28.8 Å². The number of halogens is 1. The third kappa shape index (κ3) is 3.46. The van der Waals surface area contributed by atoms with E-state index >= 15 is 0 Å². The molecule has 2 aromatic rings. The summed E-state index contributed by atoms with van der Waals surface area (Å²) in [6, 6.07) is 6.99. The average Bonchev–Trinajstić information content (AvgIpc) is 2.87. The van der Waals surface area contributed by atoms with Crippen molar-refractivity contribution in [2.24, 2.45) is 0 Å². The number of aryl methyl sites for hydroxylation is 1. The Balaban J connectivity index is 2.25. The molecule has 116 valence electrons. The van der Waals surface area contributed by atoms with E-state index in [9.17, 15) is 9.59 Å². The van der Waals surface area contributed by atoms with E-state index in [-0.39, 0.29) is 18.7 Å². The van der Waals surface area contributed by atoms with Gasteiger partial charge in [-0.3, -0.25) is 9.59 Å². The lowest BCUT2D eigenvalue weighted by atomic mass is 10.1. The van der Waals surface area contributed by atoms with Gasteiger partial charge in [-0.15, -0.1) is 0 Å². The molecule has 1 N–H and O–H groups in total. The van der Waals surface area contributed by atoms with Crippen LogP contribution in [0.4, 0.5) is 0 Å². The van der Waals surface area contributed by atoms with E-state index in [4.69, 9.17) is 20.9 Å². The van der Waals surface area contributed by atoms with Crippen molar-refractivity contribution in [3.05, 3.63) is 40.6 Å². The molecule has 1 aromatic heterocycles. The van der Waals surface area contributed by atoms with Crippen molar-refractivity contribution in [2.75, 3.05) is 13.2 Å². The van der Waals surface area contributed by atoms with Gasteiger partial charge in [-0.2, -0.15) is 0 Å². The van der Waals surface area contributed by atoms with Crippen LogP contribution in [-0.2, 0) is 9.53 Å². The molecule has 0 saturated carbocycles. The summed E-state index contributed by atoms with van der Waals surface area (Å²) in [6.07, 6.45) is 0. The molecule has 2 rings (SSSR count). The van der Waals surface area contributed by atoms with Crippen molar-refractivity contribution >= 4 is 23.5 Å². The Hall–Kier alpha value is -2.34. The van der Waals surface area contributed by atoms with Crippen LogP contribution < -0.4 is 5.32 Å². The number of carbonyl (C=O) groups is 2. The average molecular weight is 323 g/mol. The van der Waals surface area contributed by atoms with Crippen LogP contribution in [-0.4, -0.2) is 30.2 Å². The zero-order valence-corrected chi connectivity index (χ0v) is 12.9. The van der Waals surface area contributed by atoms with Gasteiger partial charge in [-0.05, 0) is 19.9 Å². The highest BCUT2D eigenvalue weighted by Gasteiger charge is 2.23. The number of aromatic nitrogens is 1. The van der Waals surface area contributed by atoms with E-state index in [1.165, 1.54) is 0 Å². The Morgan fingerprint density at radius 3 is 2.77 bits per heavy atom. The summed E-state index contributed by atoms with van der Waals surface area (Å²) in [6.45, 7) is 3.34. The Bertz CT molecular complexity index is 697. The van der Waals surface area contributed by atoms with Crippen LogP contribution in [0.3, 0.4) is 0 Å². The lowest BCUT2D eigenvalue weighted by Crippen LogP contribution is -2.31. The van der Waals surface area contributed by atoms with E-state index in [0.29, 0.717) is 22.0 Å². The van der Waals surface area contributed by atoms with Gasteiger partial charge >= 0.3 is 5.97 Å². The topological polar surface area (TPSA) is 81.4 Å². The summed E-state index contributed by atoms with van der Waals surface area (Å²) in [5, 5.41) is 6.83. The summed E-state index contributed by atoms with van der Waals surface area (Å²) in [4.78, 5) is 23.6. The van der Waals surface area contributed by atoms with E-state index in [0.717, 1.165) is 0 Å². The summed E-state index contributed by atoms with van der Waals surface area (Å²) >= 11 is 6.13. The quantitative estimate of drug-likeness (QED) is 0.856. The maximum Gasteiger partial charge on any atom is 0.325 e. The number of carbonyl (C=O) groups excluding carboxylic acids is 2. The number of hydrogen-bond acceptors (Lipinski definition) is 5. The van der Waals surface area contributed by atoms with Crippen LogP contribution in [0.1, 0.15) is 23.0 Å². The minimum atomic E-state index is -0.510. The van der Waals surface area contributed by atoms with Gasteiger partial charge in [0.15, 0.2) is 0 Å². The first-order valence-corrected chi connectivity index (χ1v) is 7.07. The van der Waals surface area contributed by atoms with Crippen molar-refractivity contribution in [2.45, 2.75) is 13.8 Å². The largest absolute Gasteiger partial charge is 0.465 e. The lowest BCUT2D eigenvalue weighted by molar-refractivity contribution is -0.141. The molecule has 22 heavy (non-hydrogen) atoms. The Kier molecular flexibility index (Phi) is 5.16.